The Bertz CT molecular complexity index is 522. The van der Waals surface area contributed by atoms with Crippen molar-refractivity contribution in [2.45, 2.75) is 18.7 Å². The molecule has 0 radical (unpaired) electrons. The van der Waals surface area contributed by atoms with Crippen molar-refractivity contribution in [1.82, 2.24) is 9.78 Å². The molecular formula is C12H12BFN2O. The van der Waals surface area contributed by atoms with Crippen LogP contribution in [-0.2, 0) is 0 Å². The van der Waals surface area contributed by atoms with Crippen molar-refractivity contribution in [3.05, 3.63) is 42.3 Å². The summed E-state index contributed by atoms with van der Waals surface area (Å²) in [6.07, 6.45) is 3.79. The maximum Gasteiger partial charge on any atom is 0.347 e. The van der Waals surface area contributed by atoms with E-state index < -0.39 is 6.92 Å². The van der Waals surface area contributed by atoms with E-state index in [1.165, 1.54) is 12.1 Å². The molecule has 0 spiro atoms. The zero-order valence-corrected chi connectivity index (χ0v) is 9.25. The molecule has 0 atom stereocenters. The molecule has 17 heavy (non-hydrogen) atoms. The van der Waals surface area contributed by atoms with Gasteiger partial charge in [-0.25, -0.2) is 9.07 Å². The Labute approximate surface area is 99.0 Å². The Morgan fingerprint density at radius 3 is 2.59 bits per heavy atom. The van der Waals surface area contributed by atoms with Crippen LogP contribution in [0.5, 0.6) is 0 Å². The first-order valence-electron chi connectivity index (χ1n) is 5.73. The van der Waals surface area contributed by atoms with Gasteiger partial charge in [-0.1, -0.05) is 12.8 Å². The second-order valence-electron chi connectivity index (χ2n) is 4.43. The third kappa shape index (κ3) is 1.98. The summed E-state index contributed by atoms with van der Waals surface area (Å²) in [6.45, 7) is -0.470. The zero-order valence-electron chi connectivity index (χ0n) is 9.25. The van der Waals surface area contributed by atoms with Crippen LogP contribution < -0.4 is 5.59 Å². The molecule has 86 valence electrons. The zero-order chi connectivity index (χ0) is 11.8. The number of hydrogen-bond donors (Lipinski definition) is 1. The summed E-state index contributed by atoms with van der Waals surface area (Å²) in [4.78, 5) is 0. The molecule has 0 saturated heterocycles. The van der Waals surface area contributed by atoms with Crippen LogP contribution in [0, 0.1) is 5.82 Å². The summed E-state index contributed by atoms with van der Waals surface area (Å²) in [5.41, 5.74) is 1.55. The van der Waals surface area contributed by atoms with Crippen LogP contribution in [0.25, 0.3) is 5.69 Å². The average molecular weight is 230 g/mol. The van der Waals surface area contributed by atoms with Crippen molar-refractivity contribution in [3.8, 4) is 5.69 Å². The fourth-order valence-electron chi connectivity index (χ4n) is 1.99. The van der Waals surface area contributed by atoms with Gasteiger partial charge in [-0.15, -0.1) is 0 Å². The third-order valence-electron chi connectivity index (χ3n) is 3.11. The third-order valence-corrected chi connectivity index (χ3v) is 3.11. The summed E-state index contributed by atoms with van der Waals surface area (Å²) in [5.74, 6) is 0.0797. The van der Waals surface area contributed by atoms with Gasteiger partial charge in [-0.2, -0.15) is 5.10 Å². The Hall–Kier alpha value is -1.62. The molecule has 0 unspecified atom stereocenters. The fraction of sp³-hybridized carbons (Fsp3) is 0.250. The first-order valence-corrected chi connectivity index (χ1v) is 5.73. The van der Waals surface area contributed by atoms with Gasteiger partial charge < -0.3 is 5.02 Å². The van der Waals surface area contributed by atoms with E-state index in [0.29, 0.717) is 5.82 Å². The van der Waals surface area contributed by atoms with Gasteiger partial charge in [-0.3, -0.25) is 0 Å². The lowest BCUT2D eigenvalue weighted by atomic mass is 9.59. The van der Waals surface area contributed by atoms with Crippen molar-refractivity contribution < 1.29 is 9.41 Å². The minimum Gasteiger partial charge on any atom is -0.445 e. The SMILES string of the molecule is OB(c1ccnn1-c1ccc(F)cc1)C1CC1. The molecule has 0 amide bonds. The van der Waals surface area contributed by atoms with Gasteiger partial charge in [-0.05, 0) is 36.1 Å². The predicted octanol–water partition coefficient (Wildman–Crippen LogP) is 1.37. The molecule has 1 fully saturated rings. The molecule has 1 heterocycles. The highest BCUT2D eigenvalue weighted by atomic mass is 19.1. The maximum atomic E-state index is 12.8. The van der Waals surface area contributed by atoms with Crippen LogP contribution in [0.4, 0.5) is 4.39 Å². The van der Waals surface area contributed by atoms with Crippen LogP contribution in [0.3, 0.4) is 0 Å². The number of hydrogen-bond acceptors (Lipinski definition) is 2. The number of benzene rings is 1. The van der Waals surface area contributed by atoms with Crippen LogP contribution >= 0.6 is 0 Å². The molecule has 1 saturated carbocycles. The second-order valence-corrected chi connectivity index (χ2v) is 4.43. The average Bonchev–Trinajstić information content (AvgIpc) is 3.07. The number of halogens is 1. The summed E-state index contributed by atoms with van der Waals surface area (Å²) >= 11 is 0. The highest BCUT2D eigenvalue weighted by Gasteiger charge is 2.37. The highest BCUT2D eigenvalue weighted by molar-refractivity contribution is 6.67. The van der Waals surface area contributed by atoms with E-state index in [4.69, 9.17) is 0 Å². The quantitative estimate of drug-likeness (QED) is 0.808. The van der Waals surface area contributed by atoms with E-state index in [1.807, 2.05) is 6.07 Å². The molecule has 2 aromatic rings. The molecule has 3 rings (SSSR count). The van der Waals surface area contributed by atoms with Crippen LogP contribution in [-0.4, -0.2) is 21.7 Å². The first-order chi connectivity index (χ1) is 8.25. The van der Waals surface area contributed by atoms with Gasteiger partial charge in [0.1, 0.15) is 5.82 Å². The summed E-state index contributed by atoms with van der Waals surface area (Å²) < 4.78 is 14.5. The Balaban J connectivity index is 1.97. The highest BCUT2D eigenvalue weighted by Crippen LogP contribution is 2.37. The second kappa shape index (κ2) is 4.00. The first kappa shape index (κ1) is 10.5. The number of rotatable bonds is 3. The standard InChI is InChI=1S/C12H12BFN2O/c14-10-3-5-11(6-4-10)16-12(7-8-15-16)13(17)9-1-2-9/h3-9,17H,1-2H2. The van der Waals surface area contributed by atoms with Crippen molar-refractivity contribution in [2.24, 2.45) is 0 Å². The monoisotopic (exact) mass is 230 g/mol. The Kier molecular flexibility index (Phi) is 2.48. The summed E-state index contributed by atoms with van der Waals surface area (Å²) in [5, 5.41) is 14.3. The molecule has 3 nitrogen and oxygen atoms in total. The van der Waals surface area contributed by atoms with E-state index in [2.05, 4.69) is 5.10 Å². The molecule has 1 N–H and O–H groups in total. The van der Waals surface area contributed by atoms with Crippen molar-refractivity contribution >= 4 is 12.5 Å². The Morgan fingerprint density at radius 1 is 1.24 bits per heavy atom. The van der Waals surface area contributed by atoms with Crippen LogP contribution in [0.2, 0.25) is 5.82 Å². The minimum atomic E-state index is -0.470. The molecular weight excluding hydrogens is 218 g/mol. The number of nitrogens with zero attached hydrogens (tertiary/aromatic N) is 2. The molecule has 1 aromatic carbocycles. The van der Waals surface area contributed by atoms with E-state index in [-0.39, 0.29) is 5.82 Å². The lowest BCUT2D eigenvalue weighted by Gasteiger charge is -2.09. The van der Waals surface area contributed by atoms with E-state index in [0.717, 1.165) is 24.1 Å². The van der Waals surface area contributed by atoms with Gasteiger partial charge in [0.2, 0.25) is 0 Å². The van der Waals surface area contributed by atoms with Crippen molar-refractivity contribution in [2.75, 3.05) is 0 Å². The van der Waals surface area contributed by atoms with E-state index in [1.54, 1.807) is 23.0 Å². The largest absolute Gasteiger partial charge is 0.445 e. The van der Waals surface area contributed by atoms with Crippen LogP contribution in [0.15, 0.2) is 36.5 Å². The fourth-order valence-corrected chi connectivity index (χ4v) is 1.99. The van der Waals surface area contributed by atoms with Gasteiger partial charge in [0, 0.05) is 11.8 Å². The number of aromatic nitrogens is 2. The molecule has 1 aliphatic rings. The molecule has 5 heteroatoms. The maximum absolute atomic E-state index is 12.8. The normalized spacial score (nSPS) is 14.9. The minimum absolute atomic E-state index is 0.273. The molecule has 1 aromatic heterocycles. The molecule has 0 aliphatic heterocycles. The van der Waals surface area contributed by atoms with Gasteiger partial charge in [0.25, 0.3) is 0 Å². The van der Waals surface area contributed by atoms with E-state index in [9.17, 15) is 9.41 Å². The molecule has 0 bridgehead atoms. The predicted molar refractivity (Wildman–Crippen MR) is 64.1 cm³/mol. The molecule has 1 aliphatic carbocycles. The lowest BCUT2D eigenvalue weighted by Crippen LogP contribution is -2.36. The van der Waals surface area contributed by atoms with Gasteiger partial charge >= 0.3 is 6.92 Å². The van der Waals surface area contributed by atoms with Crippen LogP contribution in [0.1, 0.15) is 12.8 Å². The summed E-state index contributed by atoms with van der Waals surface area (Å²) in [7, 11) is 0. The lowest BCUT2D eigenvalue weighted by molar-refractivity contribution is 0.578. The van der Waals surface area contributed by atoms with E-state index >= 15 is 0 Å². The van der Waals surface area contributed by atoms with Gasteiger partial charge in [0.15, 0.2) is 0 Å². The van der Waals surface area contributed by atoms with Crippen molar-refractivity contribution in [3.63, 3.8) is 0 Å². The topological polar surface area (TPSA) is 38.1 Å². The van der Waals surface area contributed by atoms with Gasteiger partial charge in [0.05, 0.1) is 5.69 Å². The Morgan fingerprint density at radius 2 is 1.94 bits per heavy atom. The van der Waals surface area contributed by atoms with Crippen molar-refractivity contribution in [1.29, 1.82) is 0 Å². The summed E-state index contributed by atoms with van der Waals surface area (Å²) in [6, 6.07) is 7.91. The smallest absolute Gasteiger partial charge is 0.347 e.